The summed E-state index contributed by atoms with van der Waals surface area (Å²) in [6.07, 6.45) is 1.75. The Morgan fingerprint density at radius 1 is 1.27 bits per heavy atom. The summed E-state index contributed by atoms with van der Waals surface area (Å²) in [5.74, 6) is 1.45. The Morgan fingerprint density at radius 2 is 2.10 bits per heavy atom. The fourth-order valence-electron chi connectivity index (χ4n) is 3.29. The Morgan fingerprint density at radius 3 is 2.80 bits per heavy atom. The second-order valence-corrected chi connectivity index (χ2v) is 7.64. The third kappa shape index (κ3) is 7.36. The van der Waals surface area contributed by atoms with Gasteiger partial charge in [-0.15, -0.1) is 35.3 Å². The molecule has 1 aliphatic heterocycles. The summed E-state index contributed by atoms with van der Waals surface area (Å²) in [6.45, 7) is 10.2. The van der Waals surface area contributed by atoms with E-state index >= 15 is 0 Å². The van der Waals surface area contributed by atoms with Crippen molar-refractivity contribution in [2.75, 3.05) is 46.0 Å². The lowest BCUT2D eigenvalue weighted by atomic mass is 10.2. The highest BCUT2D eigenvalue weighted by molar-refractivity contribution is 14.0. The number of guanidine groups is 1. The molecule has 166 valence electrons. The van der Waals surface area contributed by atoms with Crippen molar-refractivity contribution in [3.05, 3.63) is 46.3 Å². The largest absolute Gasteiger partial charge is 0.478 e. The van der Waals surface area contributed by atoms with Crippen molar-refractivity contribution in [2.24, 2.45) is 4.99 Å². The van der Waals surface area contributed by atoms with Crippen LogP contribution in [0.5, 0.6) is 5.88 Å². The summed E-state index contributed by atoms with van der Waals surface area (Å²) in [4.78, 5) is 12.9. The van der Waals surface area contributed by atoms with Gasteiger partial charge >= 0.3 is 0 Å². The molecule has 7 nitrogen and oxygen atoms in total. The first-order valence-electron chi connectivity index (χ1n) is 10.3. The van der Waals surface area contributed by atoms with Gasteiger partial charge in [-0.2, -0.15) is 0 Å². The zero-order valence-corrected chi connectivity index (χ0v) is 20.8. The predicted molar refractivity (Wildman–Crippen MR) is 133 cm³/mol. The predicted octanol–water partition coefficient (Wildman–Crippen LogP) is 3.29. The summed E-state index contributed by atoms with van der Waals surface area (Å²) >= 11 is 1.80. The van der Waals surface area contributed by atoms with Gasteiger partial charge in [-0.25, -0.2) is 9.98 Å². The molecule has 0 amide bonds. The Balaban J connectivity index is 0.00000320. The van der Waals surface area contributed by atoms with Crippen LogP contribution in [0.4, 0.5) is 0 Å². The summed E-state index contributed by atoms with van der Waals surface area (Å²) < 4.78 is 11.2. The van der Waals surface area contributed by atoms with Gasteiger partial charge < -0.3 is 20.1 Å². The molecule has 2 aromatic rings. The zero-order chi connectivity index (χ0) is 20.3. The number of pyridine rings is 1. The van der Waals surface area contributed by atoms with Crippen LogP contribution in [0.2, 0.25) is 0 Å². The molecule has 1 aliphatic rings. The molecule has 9 heteroatoms. The first-order valence-corrected chi connectivity index (χ1v) is 11.1. The van der Waals surface area contributed by atoms with Crippen molar-refractivity contribution < 1.29 is 9.47 Å². The average molecular weight is 545 g/mol. The number of ether oxygens (including phenoxy) is 2. The summed E-state index contributed by atoms with van der Waals surface area (Å²) in [6, 6.07) is 8.55. The van der Waals surface area contributed by atoms with Crippen molar-refractivity contribution in [2.45, 2.75) is 26.4 Å². The van der Waals surface area contributed by atoms with Crippen LogP contribution in [0.1, 0.15) is 30.3 Å². The minimum atomic E-state index is 0. The number of hydrogen-bond acceptors (Lipinski definition) is 6. The molecule has 3 rings (SSSR count). The van der Waals surface area contributed by atoms with Crippen LogP contribution in [-0.4, -0.2) is 61.8 Å². The van der Waals surface area contributed by atoms with Gasteiger partial charge in [0.1, 0.15) is 0 Å². The van der Waals surface area contributed by atoms with E-state index in [0.717, 1.165) is 50.9 Å². The smallest absolute Gasteiger partial charge is 0.218 e. The molecule has 2 aromatic heterocycles. The van der Waals surface area contributed by atoms with Crippen LogP contribution in [0.3, 0.4) is 0 Å². The van der Waals surface area contributed by atoms with E-state index in [1.807, 2.05) is 19.1 Å². The third-order valence-corrected chi connectivity index (χ3v) is 5.68. The van der Waals surface area contributed by atoms with E-state index in [9.17, 15) is 0 Å². The van der Waals surface area contributed by atoms with E-state index < -0.39 is 0 Å². The molecule has 2 N–H and O–H groups in total. The van der Waals surface area contributed by atoms with E-state index in [1.165, 1.54) is 4.88 Å². The van der Waals surface area contributed by atoms with Gasteiger partial charge in [-0.3, -0.25) is 4.90 Å². The third-order valence-electron chi connectivity index (χ3n) is 4.70. The van der Waals surface area contributed by atoms with Crippen molar-refractivity contribution in [3.8, 4) is 5.88 Å². The Hall–Kier alpha value is -1.43. The molecule has 30 heavy (non-hydrogen) atoms. The van der Waals surface area contributed by atoms with Gasteiger partial charge in [-0.1, -0.05) is 12.1 Å². The summed E-state index contributed by atoms with van der Waals surface area (Å²) in [7, 11) is 0. The fourth-order valence-corrected chi connectivity index (χ4v) is 4.15. The van der Waals surface area contributed by atoms with Crippen molar-refractivity contribution >= 4 is 41.3 Å². The highest BCUT2D eigenvalue weighted by Crippen LogP contribution is 2.25. The summed E-state index contributed by atoms with van der Waals surface area (Å²) in [5.41, 5.74) is 0.981. The second-order valence-electron chi connectivity index (χ2n) is 6.66. The first-order chi connectivity index (χ1) is 14.3. The lowest BCUT2D eigenvalue weighted by Crippen LogP contribution is -2.46. The molecule has 3 heterocycles. The molecule has 0 saturated carbocycles. The average Bonchev–Trinajstić information content (AvgIpc) is 3.28. The second kappa shape index (κ2) is 13.8. The van der Waals surface area contributed by atoms with Crippen LogP contribution in [0.15, 0.2) is 40.8 Å². The van der Waals surface area contributed by atoms with Gasteiger partial charge in [0.25, 0.3) is 0 Å². The van der Waals surface area contributed by atoms with Crippen LogP contribution in [0.25, 0.3) is 0 Å². The molecule has 1 fully saturated rings. The lowest BCUT2D eigenvalue weighted by Gasteiger charge is -2.34. The van der Waals surface area contributed by atoms with Gasteiger partial charge in [0.15, 0.2) is 5.96 Å². The van der Waals surface area contributed by atoms with Gasteiger partial charge in [-0.05, 0) is 31.4 Å². The van der Waals surface area contributed by atoms with E-state index in [1.54, 1.807) is 17.5 Å². The molecular formula is C21H32IN5O2S. The maximum Gasteiger partial charge on any atom is 0.218 e. The number of halogens is 1. The molecule has 1 atom stereocenters. The summed E-state index contributed by atoms with van der Waals surface area (Å²) in [5, 5.41) is 9.01. The number of morpholine rings is 1. The van der Waals surface area contributed by atoms with Crippen molar-refractivity contribution in [1.29, 1.82) is 0 Å². The van der Waals surface area contributed by atoms with E-state index in [0.29, 0.717) is 25.1 Å². The monoisotopic (exact) mass is 545 g/mol. The van der Waals surface area contributed by atoms with Crippen LogP contribution in [0, 0.1) is 0 Å². The molecule has 0 radical (unpaired) electrons. The minimum Gasteiger partial charge on any atom is -0.478 e. The topological polar surface area (TPSA) is 71.0 Å². The maximum absolute atomic E-state index is 5.62. The molecule has 0 aliphatic carbocycles. The number of aromatic nitrogens is 1. The number of nitrogens with one attached hydrogen (secondary N) is 2. The molecule has 1 unspecified atom stereocenters. The number of aliphatic imine (C=N–C) groups is 1. The Bertz CT molecular complexity index is 754. The number of rotatable bonds is 9. The van der Waals surface area contributed by atoms with Gasteiger partial charge in [0, 0.05) is 42.8 Å². The van der Waals surface area contributed by atoms with E-state index in [-0.39, 0.29) is 24.0 Å². The fraction of sp³-hybridized carbons (Fsp3) is 0.524. The molecule has 0 aromatic carbocycles. The first kappa shape index (κ1) is 24.8. The zero-order valence-electron chi connectivity index (χ0n) is 17.7. The SMILES string of the molecule is CCNC(=NCc1cccnc1OCC)NCC(c1cccs1)N1CCOCC1.I. The number of hydrogen-bond donors (Lipinski definition) is 2. The highest BCUT2D eigenvalue weighted by atomic mass is 127. The molecule has 0 spiro atoms. The molecular weight excluding hydrogens is 513 g/mol. The lowest BCUT2D eigenvalue weighted by molar-refractivity contribution is 0.0177. The maximum atomic E-state index is 5.62. The minimum absolute atomic E-state index is 0. The normalized spacial score (nSPS) is 15.9. The highest BCUT2D eigenvalue weighted by Gasteiger charge is 2.23. The number of nitrogens with zero attached hydrogens (tertiary/aromatic N) is 3. The van der Waals surface area contributed by atoms with Gasteiger partial charge in [0.2, 0.25) is 5.88 Å². The van der Waals surface area contributed by atoms with Crippen molar-refractivity contribution in [3.63, 3.8) is 0 Å². The number of thiophene rings is 1. The van der Waals surface area contributed by atoms with Gasteiger partial charge in [0.05, 0.1) is 32.4 Å². The molecule has 1 saturated heterocycles. The van der Waals surface area contributed by atoms with Crippen molar-refractivity contribution in [1.82, 2.24) is 20.5 Å². The van der Waals surface area contributed by atoms with Crippen LogP contribution < -0.4 is 15.4 Å². The standard InChI is InChI=1S/C21H31N5O2S.HI/c1-3-22-21(24-15-17-7-5-9-23-20(17)28-4-2)25-16-18(19-8-6-14-29-19)26-10-12-27-13-11-26;/h5-9,14,18H,3-4,10-13,15-16H2,1-2H3,(H2,22,24,25);1H. The molecule has 0 bridgehead atoms. The van der Waals surface area contributed by atoms with Crippen LogP contribution >= 0.6 is 35.3 Å². The van der Waals surface area contributed by atoms with E-state index in [4.69, 9.17) is 14.5 Å². The Kier molecular flexibility index (Phi) is 11.4. The Labute approximate surface area is 200 Å². The van der Waals surface area contributed by atoms with E-state index in [2.05, 4.69) is 45.0 Å². The van der Waals surface area contributed by atoms with Crippen LogP contribution in [-0.2, 0) is 11.3 Å². The quantitative estimate of drug-likeness (QED) is 0.287.